The van der Waals surface area contributed by atoms with Gasteiger partial charge in [-0.25, -0.2) is 4.79 Å². The van der Waals surface area contributed by atoms with Crippen molar-refractivity contribution in [3.05, 3.63) is 76.1 Å². The Morgan fingerprint density at radius 3 is 2.47 bits per heavy atom. The highest BCUT2D eigenvalue weighted by Gasteiger charge is 2.38. The van der Waals surface area contributed by atoms with E-state index in [9.17, 15) is 19.5 Å². The Morgan fingerprint density at radius 1 is 1.09 bits per heavy atom. The fraction of sp³-hybridized carbons (Fsp3) is 0.320. The fourth-order valence-electron chi connectivity index (χ4n) is 4.33. The SMILES string of the molecule is CCc1cc(=O)oc2cc(OCC(=O)N3CCC(C(=O)[O-])(c4ccccc4)CC3)ccc12. The van der Waals surface area contributed by atoms with E-state index in [1.807, 2.05) is 19.1 Å². The standard InChI is InChI=1S/C25H25NO6/c1-2-17-14-23(28)32-21-15-19(8-9-20(17)21)31-16-22(27)26-12-10-25(11-13-26,24(29)30)18-6-4-3-5-7-18/h3-9,14-15H,2,10-13,16H2,1H3,(H,29,30)/p-1. The monoisotopic (exact) mass is 434 g/mol. The van der Waals surface area contributed by atoms with Crippen LogP contribution in [0.15, 0.2) is 63.8 Å². The Bertz CT molecular complexity index is 1190. The van der Waals surface area contributed by atoms with E-state index in [0.29, 0.717) is 36.4 Å². The van der Waals surface area contributed by atoms with Gasteiger partial charge in [0.1, 0.15) is 11.3 Å². The van der Waals surface area contributed by atoms with Crippen LogP contribution in [0.2, 0.25) is 0 Å². The Kier molecular flexibility index (Phi) is 5.99. The lowest BCUT2D eigenvalue weighted by molar-refractivity contribution is -0.315. The molecule has 1 aromatic heterocycles. The lowest BCUT2D eigenvalue weighted by atomic mass is 9.73. The molecule has 2 aromatic carbocycles. The Labute approximate surface area is 185 Å². The largest absolute Gasteiger partial charge is 0.549 e. The summed E-state index contributed by atoms with van der Waals surface area (Å²) in [5.74, 6) is -0.919. The average molecular weight is 434 g/mol. The zero-order valence-corrected chi connectivity index (χ0v) is 17.8. The summed E-state index contributed by atoms with van der Waals surface area (Å²) in [6, 6.07) is 15.7. The van der Waals surface area contributed by atoms with Gasteiger partial charge >= 0.3 is 5.63 Å². The lowest BCUT2D eigenvalue weighted by Crippen LogP contribution is -2.54. The molecule has 3 aromatic rings. The molecule has 0 atom stereocenters. The van der Waals surface area contributed by atoms with Crippen LogP contribution in [0.1, 0.15) is 30.9 Å². The van der Waals surface area contributed by atoms with Crippen molar-refractivity contribution in [1.29, 1.82) is 0 Å². The summed E-state index contributed by atoms with van der Waals surface area (Å²) >= 11 is 0. The molecule has 7 heteroatoms. The molecule has 4 rings (SSSR count). The molecule has 0 spiro atoms. The number of carbonyl (C=O) groups excluding carboxylic acids is 2. The number of amides is 1. The Hall–Kier alpha value is -3.61. The van der Waals surface area contributed by atoms with E-state index in [1.54, 1.807) is 41.3 Å². The molecule has 166 valence electrons. The van der Waals surface area contributed by atoms with E-state index in [-0.39, 0.29) is 25.4 Å². The van der Waals surface area contributed by atoms with Gasteiger partial charge in [-0.1, -0.05) is 37.3 Å². The highest BCUT2D eigenvalue weighted by atomic mass is 16.5. The number of rotatable bonds is 6. The first-order chi connectivity index (χ1) is 15.4. The topological polar surface area (TPSA) is 99.9 Å². The number of benzene rings is 2. The normalized spacial score (nSPS) is 15.5. The van der Waals surface area contributed by atoms with E-state index in [4.69, 9.17) is 9.15 Å². The third kappa shape index (κ3) is 4.10. The predicted molar refractivity (Wildman–Crippen MR) is 116 cm³/mol. The molecule has 0 unspecified atom stereocenters. The summed E-state index contributed by atoms with van der Waals surface area (Å²) in [7, 11) is 0. The second-order valence-corrected chi connectivity index (χ2v) is 8.01. The van der Waals surface area contributed by atoms with E-state index < -0.39 is 17.0 Å². The van der Waals surface area contributed by atoms with E-state index in [2.05, 4.69) is 0 Å². The van der Waals surface area contributed by atoms with Crippen molar-refractivity contribution >= 4 is 22.8 Å². The van der Waals surface area contributed by atoms with Crippen molar-refractivity contribution in [2.75, 3.05) is 19.7 Å². The molecule has 1 aliphatic heterocycles. The first kappa shape index (κ1) is 21.6. The third-order valence-corrected chi connectivity index (χ3v) is 6.23. The maximum Gasteiger partial charge on any atom is 0.336 e. The van der Waals surface area contributed by atoms with Gasteiger partial charge in [0, 0.05) is 36.0 Å². The molecule has 2 heterocycles. The minimum atomic E-state index is -1.11. The van der Waals surface area contributed by atoms with Gasteiger partial charge < -0.3 is 24.0 Å². The van der Waals surface area contributed by atoms with Gasteiger partial charge in [0.15, 0.2) is 6.61 Å². The lowest BCUT2D eigenvalue weighted by Gasteiger charge is -2.42. The van der Waals surface area contributed by atoms with Gasteiger partial charge in [0.2, 0.25) is 0 Å². The number of ether oxygens (including phenoxy) is 1. The van der Waals surface area contributed by atoms with Crippen LogP contribution >= 0.6 is 0 Å². The first-order valence-corrected chi connectivity index (χ1v) is 10.7. The van der Waals surface area contributed by atoms with E-state index in [0.717, 1.165) is 10.9 Å². The highest BCUT2D eigenvalue weighted by molar-refractivity contribution is 5.83. The van der Waals surface area contributed by atoms with Crippen LogP contribution < -0.4 is 15.5 Å². The zero-order chi connectivity index (χ0) is 22.7. The number of carboxylic acid groups (broad SMARTS) is 1. The smallest absolute Gasteiger partial charge is 0.336 e. The summed E-state index contributed by atoms with van der Waals surface area (Å²) in [5, 5.41) is 12.8. The number of hydrogen-bond acceptors (Lipinski definition) is 6. The summed E-state index contributed by atoms with van der Waals surface area (Å²) in [4.78, 5) is 38.0. The minimum absolute atomic E-state index is 0.188. The van der Waals surface area contributed by atoms with E-state index in [1.165, 1.54) is 6.07 Å². The maximum atomic E-state index is 12.7. The van der Waals surface area contributed by atoms with Crippen LogP contribution in [0.3, 0.4) is 0 Å². The predicted octanol–water partition coefficient (Wildman–Crippen LogP) is 2.04. The summed E-state index contributed by atoms with van der Waals surface area (Å²) in [5.41, 5.74) is 0.491. The van der Waals surface area contributed by atoms with Crippen LogP contribution in [0.25, 0.3) is 11.0 Å². The fourth-order valence-corrected chi connectivity index (χ4v) is 4.33. The number of fused-ring (bicyclic) bond motifs is 1. The molecule has 32 heavy (non-hydrogen) atoms. The highest BCUT2D eigenvalue weighted by Crippen LogP contribution is 2.35. The molecule has 1 saturated heterocycles. The van der Waals surface area contributed by atoms with Crippen molar-refractivity contribution in [3.63, 3.8) is 0 Å². The number of hydrogen-bond donors (Lipinski definition) is 0. The number of piperidine rings is 1. The Balaban J connectivity index is 1.41. The Morgan fingerprint density at radius 2 is 1.81 bits per heavy atom. The molecule has 0 aliphatic carbocycles. The van der Waals surface area contributed by atoms with Gasteiger partial charge in [-0.15, -0.1) is 0 Å². The molecule has 0 N–H and O–H groups in total. The molecule has 1 aliphatic rings. The van der Waals surface area contributed by atoms with Crippen LogP contribution in [-0.4, -0.2) is 36.5 Å². The van der Waals surface area contributed by atoms with Crippen LogP contribution in [0.4, 0.5) is 0 Å². The van der Waals surface area contributed by atoms with Crippen molar-refractivity contribution in [3.8, 4) is 5.75 Å². The van der Waals surface area contributed by atoms with Crippen LogP contribution in [-0.2, 0) is 21.4 Å². The van der Waals surface area contributed by atoms with Gasteiger partial charge in [-0.05, 0) is 42.5 Å². The van der Waals surface area contributed by atoms with Gasteiger partial charge in [-0.2, -0.15) is 0 Å². The van der Waals surface area contributed by atoms with Gasteiger partial charge in [0.05, 0.1) is 5.97 Å². The number of carbonyl (C=O) groups is 2. The third-order valence-electron chi connectivity index (χ3n) is 6.23. The van der Waals surface area contributed by atoms with Crippen molar-refractivity contribution in [2.45, 2.75) is 31.6 Å². The summed E-state index contributed by atoms with van der Waals surface area (Å²) in [6.45, 7) is 2.38. The van der Waals surface area contributed by atoms with Crippen LogP contribution in [0, 0.1) is 0 Å². The summed E-state index contributed by atoms with van der Waals surface area (Å²) in [6.07, 6.45) is 1.27. The van der Waals surface area contributed by atoms with Gasteiger partial charge in [-0.3, -0.25) is 4.79 Å². The van der Waals surface area contributed by atoms with Crippen LogP contribution in [0.5, 0.6) is 5.75 Å². The molecule has 7 nitrogen and oxygen atoms in total. The quantitative estimate of drug-likeness (QED) is 0.551. The first-order valence-electron chi connectivity index (χ1n) is 10.7. The molecule has 0 bridgehead atoms. The molecule has 1 fully saturated rings. The number of likely N-dealkylation sites (tertiary alicyclic amines) is 1. The molecular formula is C25H24NO6-. The van der Waals surface area contributed by atoms with Gasteiger partial charge in [0.25, 0.3) is 5.91 Å². The number of aryl methyl sites for hydroxylation is 1. The molecule has 1 amide bonds. The minimum Gasteiger partial charge on any atom is -0.549 e. The second-order valence-electron chi connectivity index (χ2n) is 8.01. The zero-order valence-electron chi connectivity index (χ0n) is 17.8. The molecular weight excluding hydrogens is 410 g/mol. The van der Waals surface area contributed by atoms with Crippen molar-refractivity contribution in [1.82, 2.24) is 4.90 Å². The number of nitrogens with zero attached hydrogens (tertiary/aromatic N) is 1. The number of aliphatic carboxylic acids is 1. The summed E-state index contributed by atoms with van der Waals surface area (Å²) < 4.78 is 10.9. The van der Waals surface area contributed by atoms with Crippen molar-refractivity contribution in [2.24, 2.45) is 0 Å². The maximum absolute atomic E-state index is 12.7. The van der Waals surface area contributed by atoms with Crippen molar-refractivity contribution < 1.29 is 23.8 Å². The molecule has 0 radical (unpaired) electrons. The number of carboxylic acids is 1. The molecule has 0 saturated carbocycles. The van der Waals surface area contributed by atoms with E-state index >= 15 is 0 Å². The second kappa shape index (κ2) is 8.86. The average Bonchev–Trinajstić information content (AvgIpc) is 2.82.